The van der Waals surface area contributed by atoms with Crippen molar-refractivity contribution in [2.24, 2.45) is 10.4 Å². The van der Waals surface area contributed by atoms with Gasteiger partial charge in [-0.3, -0.25) is 9.97 Å². The summed E-state index contributed by atoms with van der Waals surface area (Å²) in [5, 5.41) is 4.08. The van der Waals surface area contributed by atoms with Crippen LogP contribution in [-0.2, 0) is 6.42 Å². The Morgan fingerprint density at radius 1 is 1.17 bits per heavy atom. The van der Waals surface area contributed by atoms with Crippen molar-refractivity contribution in [3.05, 3.63) is 65.7 Å². The van der Waals surface area contributed by atoms with Crippen LogP contribution in [0.15, 0.2) is 54.4 Å². The summed E-state index contributed by atoms with van der Waals surface area (Å²) in [6, 6.07) is 5.87. The number of imidazole rings is 1. The lowest BCUT2D eigenvalue weighted by Gasteiger charge is -2.35. The van der Waals surface area contributed by atoms with E-state index in [1.807, 2.05) is 12.1 Å². The minimum absolute atomic E-state index is 0.356. The monoisotopic (exact) mass is 404 g/mol. The van der Waals surface area contributed by atoms with E-state index in [1.165, 1.54) is 6.33 Å². The number of aliphatic imine (C=N–C) groups is 1. The number of halogens is 1. The van der Waals surface area contributed by atoms with Crippen molar-refractivity contribution in [1.29, 1.82) is 0 Å². The summed E-state index contributed by atoms with van der Waals surface area (Å²) in [5.41, 5.74) is 4.51. The molecule has 0 radical (unpaired) electrons. The van der Waals surface area contributed by atoms with Crippen molar-refractivity contribution in [3.8, 4) is 0 Å². The largest absolute Gasteiger partial charge is 0.367 e. The normalized spacial score (nSPS) is 18.3. The summed E-state index contributed by atoms with van der Waals surface area (Å²) >= 11 is 6.43. The molecule has 1 atom stereocenters. The Kier molecular flexibility index (Phi) is 4.21. The van der Waals surface area contributed by atoms with Crippen molar-refractivity contribution in [3.63, 3.8) is 0 Å². The fraction of sp³-hybridized carbons (Fsp3) is 0.200. The lowest BCUT2D eigenvalue weighted by molar-refractivity contribution is 0.485. The van der Waals surface area contributed by atoms with Gasteiger partial charge in [-0.15, -0.1) is 0 Å². The van der Waals surface area contributed by atoms with Gasteiger partial charge in [0, 0.05) is 24.4 Å². The molecule has 0 bridgehead atoms. The number of hydrogen-bond donors (Lipinski definition) is 2. The number of H-pyrrole nitrogens is 1. The summed E-state index contributed by atoms with van der Waals surface area (Å²) < 4.78 is 0. The Bertz CT molecular complexity index is 1220. The van der Waals surface area contributed by atoms with Crippen LogP contribution < -0.4 is 5.32 Å². The number of nitrogens with one attached hydrogen (secondary N) is 2. The fourth-order valence-corrected chi connectivity index (χ4v) is 3.93. The van der Waals surface area contributed by atoms with Crippen LogP contribution in [0.25, 0.3) is 11.2 Å². The number of anilines is 1. The van der Waals surface area contributed by atoms with Gasteiger partial charge in [-0.1, -0.05) is 30.7 Å². The summed E-state index contributed by atoms with van der Waals surface area (Å²) in [6.07, 6.45) is 8.92. The molecule has 1 aromatic carbocycles. The average molecular weight is 405 g/mol. The van der Waals surface area contributed by atoms with Gasteiger partial charge in [0.05, 0.1) is 28.9 Å². The highest BCUT2D eigenvalue weighted by atomic mass is 35.5. The third-order valence-electron chi connectivity index (χ3n) is 5.12. The first-order valence-corrected chi connectivity index (χ1v) is 9.53. The van der Waals surface area contributed by atoms with Gasteiger partial charge in [-0.05, 0) is 18.1 Å². The van der Waals surface area contributed by atoms with E-state index in [2.05, 4.69) is 48.2 Å². The SMILES string of the molecule is CC1(CNc2ncnc3nc[nH]c23)Cc2cccc(Cl)c2N=C1c1cnccn1. The molecule has 3 aromatic heterocycles. The van der Waals surface area contributed by atoms with E-state index in [0.29, 0.717) is 23.0 Å². The van der Waals surface area contributed by atoms with Gasteiger partial charge < -0.3 is 10.3 Å². The molecule has 29 heavy (non-hydrogen) atoms. The smallest absolute Gasteiger partial charge is 0.182 e. The molecule has 0 aliphatic carbocycles. The molecule has 0 saturated carbocycles. The maximum Gasteiger partial charge on any atom is 0.182 e. The van der Waals surface area contributed by atoms with Crippen molar-refractivity contribution in [2.75, 3.05) is 11.9 Å². The van der Waals surface area contributed by atoms with Crippen LogP contribution in [0, 0.1) is 5.41 Å². The van der Waals surface area contributed by atoms with Gasteiger partial charge in [0.1, 0.15) is 17.5 Å². The van der Waals surface area contributed by atoms with E-state index in [1.54, 1.807) is 24.9 Å². The van der Waals surface area contributed by atoms with E-state index in [9.17, 15) is 0 Å². The Balaban J connectivity index is 1.55. The van der Waals surface area contributed by atoms with Gasteiger partial charge in [0.25, 0.3) is 0 Å². The zero-order chi connectivity index (χ0) is 19.8. The zero-order valence-electron chi connectivity index (χ0n) is 15.6. The van der Waals surface area contributed by atoms with E-state index in [-0.39, 0.29) is 5.41 Å². The fourth-order valence-electron chi connectivity index (χ4n) is 3.69. The van der Waals surface area contributed by atoms with Crippen molar-refractivity contribution < 1.29 is 0 Å². The molecular weight excluding hydrogens is 388 g/mol. The van der Waals surface area contributed by atoms with E-state index < -0.39 is 0 Å². The minimum atomic E-state index is -0.356. The number of aromatic amines is 1. The Hall–Kier alpha value is -3.39. The first kappa shape index (κ1) is 17.7. The third kappa shape index (κ3) is 3.11. The average Bonchev–Trinajstić information content (AvgIpc) is 3.22. The molecule has 1 aliphatic heterocycles. The second-order valence-electron chi connectivity index (χ2n) is 7.21. The minimum Gasteiger partial charge on any atom is -0.367 e. The standard InChI is InChI=1S/C20H17ClN8/c1-20(9-24-18-16-19(26-10-25-16)28-11-27-18)7-12-3-2-4-13(21)15(12)29-17(20)14-8-22-5-6-23-14/h2-6,8,10-11H,7,9H2,1H3,(H2,24,25,26,27,28). The summed E-state index contributed by atoms with van der Waals surface area (Å²) in [7, 11) is 0. The summed E-state index contributed by atoms with van der Waals surface area (Å²) in [6.45, 7) is 2.74. The van der Waals surface area contributed by atoms with E-state index in [4.69, 9.17) is 16.6 Å². The highest BCUT2D eigenvalue weighted by molar-refractivity contribution is 6.33. The summed E-state index contributed by atoms with van der Waals surface area (Å²) in [5.74, 6) is 0.698. The second kappa shape index (κ2) is 6.89. The molecule has 0 fully saturated rings. The molecule has 2 N–H and O–H groups in total. The first-order valence-electron chi connectivity index (χ1n) is 9.15. The molecule has 1 aliphatic rings. The second-order valence-corrected chi connectivity index (χ2v) is 7.62. The number of benzene rings is 1. The van der Waals surface area contributed by atoms with Crippen LogP contribution in [0.1, 0.15) is 18.2 Å². The number of nitrogens with zero attached hydrogens (tertiary/aromatic N) is 6. The van der Waals surface area contributed by atoms with Gasteiger partial charge in [0.15, 0.2) is 11.5 Å². The number of rotatable bonds is 4. The molecule has 4 heterocycles. The molecule has 5 rings (SSSR count). The van der Waals surface area contributed by atoms with Crippen LogP contribution in [0.4, 0.5) is 11.5 Å². The maximum atomic E-state index is 6.43. The predicted octanol–water partition coefficient (Wildman–Crippen LogP) is 3.59. The third-order valence-corrected chi connectivity index (χ3v) is 5.43. The van der Waals surface area contributed by atoms with Gasteiger partial charge in [0.2, 0.25) is 0 Å². The quantitative estimate of drug-likeness (QED) is 0.538. The number of para-hydroxylation sites is 1. The highest BCUT2D eigenvalue weighted by Gasteiger charge is 2.37. The van der Waals surface area contributed by atoms with Gasteiger partial charge in [-0.2, -0.15) is 0 Å². The molecule has 0 amide bonds. The van der Waals surface area contributed by atoms with Crippen LogP contribution in [-0.4, -0.2) is 42.2 Å². The molecule has 0 saturated heterocycles. The van der Waals surface area contributed by atoms with E-state index >= 15 is 0 Å². The number of hydrogen-bond acceptors (Lipinski definition) is 7. The van der Waals surface area contributed by atoms with Crippen LogP contribution in [0.2, 0.25) is 5.02 Å². The van der Waals surface area contributed by atoms with Crippen molar-refractivity contribution in [1.82, 2.24) is 29.9 Å². The molecule has 9 heteroatoms. The molecule has 4 aromatic rings. The molecule has 0 spiro atoms. The Labute approximate surface area is 171 Å². The zero-order valence-corrected chi connectivity index (χ0v) is 16.4. The van der Waals surface area contributed by atoms with Crippen LogP contribution in [0.3, 0.4) is 0 Å². The summed E-state index contributed by atoms with van der Waals surface area (Å²) in [4.78, 5) is 29.4. The van der Waals surface area contributed by atoms with Crippen molar-refractivity contribution >= 4 is 40.0 Å². The maximum absolute atomic E-state index is 6.43. The van der Waals surface area contributed by atoms with Gasteiger partial charge in [-0.25, -0.2) is 19.9 Å². The van der Waals surface area contributed by atoms with Gasteiger partial charge >= 0.3 is 0 Å². The topological polar surface area (TPSA) is 105 Å². The molecule has 8 nitrogen and oxygen atoms in total. The van der Waals surface area contributed by atoms with Crippen molar-refractivity contribution in [2.45, 2.75) is 13.3 Å². The van der Waals surface area contributed by atoms with E-state index in [0.717, 1.165) is 34.6 Å². The lowest BCUT2D eigenvalue weighted by Crippen LogP contribution is -2.40. The lowest BCUT2D eigenvalue weighted by atomic mass is 9.75. The molecular formula is C20H17ClN8. The van der Waals surface area contributed by atoms with Crippen LogP contribution in [0.5, 0.6) is 0 Å². The first-order chi connectivity index (χ1) is 14.1. The number of fused-ring (bicyclic) bond motifs is 2. The molecule has 1 unspecified atom stereocenters. The Morgan fingerprint density at radius 2 is 2.10 bits per heavy atom. The van der Waals surface area contributed by atoms with Crippen LogP contribution >= 0.6 is 11.6 Å². The Morgan fingerprint density at radius 3 is 2.97 bits per heavy atom. The number of aromatic nitrogens is 6. The predicted molar refractivity (Wildman–Crippen MR) is 112 cm³/mol. The highest BCUT2D eigenvalue weighted by Crippen LogP contribution is 2.41. The molecule has 144 valence electrons.